The Balaban J connectivity index is 2.81. The summed E-state index contributed by atoms with van der Waals surface area (Å²) in [6.45, 7) is 0. The summed E-state index contributed by atoms with van der Waals surface area (Å²) in [4.78, 5) is 25.8. The number of carboxylic acid groups (broad SMARTS) is 1. The maximum Gasteiger partial charge on any atom is 0.335 e. The molecule has 1 aromatic carbocycles. The Morgan fingerprint density at radius 3 is 2.87 bits per heavy atom. The quantitative estimate of drug-likeness (QED) is 0.739. The van der Waals surface area contributed by atoms with Gasteiger partial charge in [-0.15, -0.1) is 0 Å². The average Bonchev–Trinajstić information content (AvgIpc) is 2.23. The molecule has 15 heavy (non-hydrogen) atoms. The highest BCUT2D eigenvalue weighted by atomic mass is 16.4. The van der Waals surface area contributed by atoms with E-state index in [2.05, 4.69) is 4.98 Å². The second kappa shape index (κ2) is 3.20. The van der Waals surface area contributed by atoms with Gasteiger partial charge in [-0.1, -0.05) is 0 Å². The molecule has 5 nitrogen and oxygen atoms in total. The molecule has 0 atom stereocenters. The van der Waals surface area contributed by atoms with Crippen molar-refractivity contribution in [1.82, 2.24) is 9.55 Å². The zero-order chi connectivity index (χ0) is 11.0. The molecule has 2 aromatic rings. The van der Waals surface area contributed by atoms with E-state index in [0.717, 1.165) is 0 Å². The monoisotopic (exact) mass is 204 g/mol. The second-order valence-corrected chi connectivity index (χ2v) is 3.16. The minimum Gasteiger partial charge on any atom is -0.478 e. The zero-order valence-corrected chi connectivity index (χ0v) is 7.97. The summed E-state index contributed by atoms with van der Waals surface area (Å²) in [6.07, 6.45) is 1.17. The van der Waals surface area contributed by atoms with Gasteiger partial charge in [-0.3, -0.25) is 4.79 Å². The van der Waals surface area contributed by atoms with Gasteiger partial charge in [-0.05, 0) is 18.2 Å². The van der Waals surface area contributed by atoms with Gasteiger partial charge >= 0.3 is 5.97 Å². The third kappa shape index (κ3) is 1.48. The molecular weight excluding hydrogens is 196 g/mol. The minimum absolute atomic E-state index is 0.161. The van der Waals surface area contributed by atoms with E-state index < -0.39 is 5.97 Å². The molecule has 0 spiro atoms. The Bertz CT molecular complexity index is 601. The summed E-state index contributed by atoms with van der Waals surface area (Å²) >= 11 is 0. The standard InChI is InChI=1S/C10H8N2O3/c1-12-8-3-2-6(10(14)15)4-7(8)11-5-9(12)13/h2-5H,1H3,(H,14,15). The fourth-order valence-electron chi connectivity index (χ4n) is 1.37. The largest absolute Gasteiger partial charge is 0.478 e. The van der Waals surface area contributed by atoms with Crippen molar-refractivity contribution >= 4 is 17.0 Å². The average molecular weight is 204 g/mol. The molecule has 0 aliphatic rings. The van der Waals surface area contributed by atoms with Crippen LogP contribution in [0, 0.1) is 0 Å². The Morgan fingerprint density at radius 2 is 2.20 bits per heavy atom. The molecule has 76 valence electrons. The van der Waals surface area contributed by atoms with Crippen molar-refractivity contribution in [2.24, 2.45) is 7.05 Å². The summed E-state index contributed by atoms with van der Waals surface area (Å²) in [5, 5.41) is 8.77. The summed E-state index contributed by atoms with van der Waals surface area (Å²) in [5.74, 6) is -1.01. The molecule has 5 heteroatoms. The molecule has 1 heterocycles. The van der Waals surface area contributed by atoms with Gasteiger partial charge in [0.25, 0.3) is 5.56 Å². The minimum atomic E-state index is -1.01. The van der Waals surface area contributed by atoms with Gasteiger partial charge in [-0.25, -0.2) is 9.78 Å². The third-order valence-corrected chi connectivity index (χ3v) is 2.23. The number of aromatic carboxylic acids is 1. The van der Waals surface area contributed by atoms with Crippen LogP contribution in [0.2, 0.25) is 0 Å². The van der Waals surface area contributed by atoms with Crippen molar-refractivity contribution in [3.8, 4) is 0 Å². The number of hydrogen-bond acceptors (Lipinski definition) is 3. The van der Waals surface area contributed by atoms with E-state index in [1.165, 1.54) is 22.9 Å². The predicted octanol–water partition coefficient (Wildman–Crippen LogP) is 0.632. The first-order valence-corrected chi connectivity index (χ1v) is 4.28. The lowest BCUT2D eigenvalue weighted by Gasteiger charge is -2.03. The number of rotatable bonds is 1. The number of benzene rings is 1. The molecule has 0 saturated heterocycles. The van der Waals surface area contributed by atoms with Crippen LogP contribution in [-0.4, -0.2) is 20.6 Å². The molecule has 2 rings (SSSR count). The molecule has 0 unspecified atom stereocenters. The second-order valence-electron chi connectivity index (χ2n) is 3.16. The lowest BCUT2D eigenvalue weighted by molar-refractivity contribution is 0.0697. The topological polar surface area (TPSA) is 72.2 Å². The normalized spacial score (nSPS) is 10.5. The van der Waals surface area contributed by atoms with Crippen molar-refractivity contribution in [2.75, 3.05) is 0 Å². The smallest absolute Gasteiger partial charge is 0.335 e. The number of nitrogens with zero attached hydrogens (tertiary/aromatic N) is 2. The van der Waals surface area contributed by atoms with Crippen LogP contribution in [-0.2, 0) is 7.05 Å². The SMILES string of the molecule is Cn1c(=O)cnc2cc(C(=O)O)ccc21. The van der Waals surface area contributed by atoms with Gasteiger partial charge in [0.15, 0.2) is 0 Å². The maximum atomic E-state index is 11.2. The lowest BCUT2D eigenvalue weighted by Crippen LogP contribution is -2.16. The molecule has 0 aliphatic heterocycles. The van der Waals surface area contributed by atoms with Crippen LogP contribution in [0.3, 0.4) is 0 Å². The summed E-state index contributed by atoms with van der Waals surface area (Å²) < 4.78 is 1.42. The van der Waals surface area contributed by atoms with E-state index in [1.807, 2.05) is 0 Å². The third-order valence-electron chi connectivity index (χ3n) is 2.23. The van der Waals surface area contributed by atoms with Crippen LogP contribution < -0.4 is 5.56 Å². The number of carbonyl (C=O) groups is 1. The molecule has 0 amide bonds. The Kier molecular flexibility index (Phi) is 2.00. The zero-order valence-electron chi connectivity index (χ0n) is 7.97. The van der Waals surface area contributed by atoms with Gasteiger partial charge in [0, 0.05) is 7.05 Å². The predicted molar refractivity (Wildman–Crippen MR) is 53.9 cm³/mol. The highest BCUT2D eigenvalue weighted by Crippen LogP contribution is 2.11. The molecule has 0 aliphatic carbocycles. The number of fused-ring (bicyclic) bond motifs is 1. The lowest BCUT2D eigenvalue weighted by atomic mass is 10.2. The number of aromatic nitrogens is 2. The Labute approximate surface area is 84.6 Å². The number of hydrogen-bond donors (Lipinski definition) is 1. The van der Waals surface area contributed by atoms with E-state index in [-0.39, 0.29) is 11.1 Å². The Hall–Kier alpha value is -2.17. The molecule has 1 aromatic heterocycles. The Morgan fingerprint density at radius 1 is 1.47 bits per heavy atom. The van der Waals surface area contributed by atoms with Crippen molar-refractivity contribution in [1.29, 1.82) is 0 Å². The van der Waals surface area contributed by atoms with Gasteiger partial charge in [0.2, 0.25) is 0 Å². The van der Waals surface area contributed by atoms with Crippen LogP contribution >= 0.6 is 0 Å². The number of carboxylic acids is 1. The van der Waals surface area contributed by atoms with Gasteiger partial charge < -0.3 is 9.67 Å². The van der Waals surface area contributed by atoms with E-state index in [1.54, 1.807) is 13.1 Å². The first-order chi connectivity index (χ1) is 7.09. The van der Waals surface area contributed by atoms with Crippen LogP contribution in [0.4, 0.5) is 0 Å². The van der Waals surface area contributed by atoms with E-state index >= 15 is 0 Å². The molecule has 0 fully saturated rings. The maximum absolute atomic E-state index is 11.2. The summed E-state index contributed by atoms with van der Waals surface area (Å²) in [6, 6.07) is 4.47. The molecule has 0 bridgehead atoms. The van der Waals surface area contributed by atoms with Crippen molar-refractivity contribution in [2.45, 2.75) is 0 Å². The van der Waals surface area contributed by atoms with Gasteiger partial charge in [-0.2, -0.15) is 0 Å². The molecule has 0 radical (unpaired) electrons. The summed E-state index contributed by atoms with van der Waals surface area (Å²) in [7, 11) is 1.62. The fraction of sp³-hybridized carbons (Fsp3) is 0.100. The van der Waals surface area contributed by atoms with Gasteiger partial charge in [0.05, 0.1) is 22.8 Å². The highest BCUT2D eigenvalue weighted by molar-refractivity contribution is 5.92. The molecular formula is C10H8N2O3. The van der Waals surface area contributed by atoms with Crippen LogP contribution in [0.5, 0.6) is 0 Å². The number of aryl methyl sites for hydroxylation is 1. The van der Waals surface area contributed by atoms with Crippen LogP contribution in [0.25, 0.3) is 11.0 Å². The molecule has 0 saturated carbocycles. The van der Waals surface area contributed by atoms with E-state index in [9.17, 15) is 9.59 Å². The van der Waals surface area contributed by atoms with Crippen molar-refractivity contribution in [3.05, 3.63) is 40.3 Å². The first-order valence-electron chi connectivity index (χ1n) is 4.28. The summed E-state index contributed by atoms with van der Waals surface area (Å²) in [5.41, 5.74) is 1.06. The first kappa shape index (κ1) is 9.39. The highest BCUT2D eigenvalue weighted by Gasteiger charge is 2.06. The van der Waals surface area contributed by atoms with Crippen LogP contribution in [0.1, 0.15) is 10.4 Å². The van der Waals surface area contributed by atoms with Crippen molar-refractivity contribution < 1.29 is 9.90 Å². The van der Waals surface area contributed by atoms with Gasteiger partial charge in [0.1, 0.15) is 0 Å². The van der Waals surface area contributed by atoms with Crippen molar-refractivity contribution in [3.63, 3.8) is 0 Å². The van der Waals surface area contributed by atoms with E-state index in [4.69, 9.17) is 5.11 Å². The van der Waals surface area contributed by atoms with Crippen LogP contribution in [0.15, 0.2) is 29.2 Å². The van der Waals surface area contributed by atoms with E-state index in [0.29, 0.717) is 11.0 Å². The fourth-order valence-corrected chi connectivity index (χ4v) is 1.37. The molecule has 1 N–H and O–H groups in total.